The molecule has 1 aliphatic heterocycles. The van der Waals surface area contributed by atoms with Gasteiger partial charge in [0.1, 0.15) is 41.7 Å². The number of halogens is 2. The lowest BCUT2D eigenvalue weighted by Crippen LogP contribution is -2.47. The van der Waals surface area contributed by atoms with Gasteiger partial charge in [0.25, 0.3) is 0 Å². The van der Waals surface area contributed by atoms with Gasteiger partial charge in [-0.2, -0.15) is 15.2 Å². The van der Waals surface area contributed by atoms with Crippen LogP contribution in [-0.2, 0) is 27.5 Å². The third-order valence-electron chi connectivity index (χ3n) is 13.4. The molecule has 3 aliphatic carbocycles. The van der Waals surface area contributed by atoms with E-state index in [1.54, 1.807) is 25.6 Å². The molecule has 10 rings (SSSR count). The molecule has 6 aromatic rings. The first kappa shape index (κ1) is 45.2. The normalized spacial score (nSPS) is 23.7. The Labute approximate surface area is 390 Å². The van der Waals surface area contributed by atoms with Crippen molar-refractivity contribution in [3.63, 3.8) is 0 Å². The first-order valence-corrected chi connectivity index (χ1v) is 23.3. The maximum absolute atomic E-state index is 15.7. The number of anilines is 5. The minimum atomic E-state index is -1.37. The van der Waals surface area contributed by atoms with Crippen LogP contribution in [0.2, 0.25) is 0 Å². The quantitative estimate of drug-likeness (QED) is 0.0797. The molecule has 23 heteroatoms. The van der Waals surface area contributed by atoms with E-state index in [2.05, 4.69) is 51.2 Å². The van der Waals surface area contributed by atoms with E-state index >= 15 is 8.78 Å². The number of amides is 2. The molecule has 2 amide bonds. The van der Waals surface area contributed by atoms with Crippen LogP contribution in [0.5, 0.6) is 0 Å². The van der Waals surface area contributed by atoms with Gasteiger partial charge in [0.05, 0.1) is 19.0 Å². The summed E-state index contributed by atoms with van der Waals surface area (Å²) in [6.45, 7) is 10.9. The number of fused-ring (bicyclic) bond motifs is 2. The lowest BCUT2D eigenvalue weighted by atomic mass is 10.0. The SMILES string of the molecule is COCc1cn2c(Nc3cc([C@H]4C[C@@H](F)[C@@H](OC(=O)NC(C)C)C4)n(CN4CCN(c5cc6nccn6c(Nc6cc([C@@H]7CC[C@H](OC(=O)NC8(C)CC8)[C@@H]7F)[nH]n6)n5)CC4)n3)ncc(C)c2n1. The van der Waals surface area contributed by atoms with Gasteiger partial charge in [-0.1, -0.05) is 0 Å². The molecule has 0 spiro atoms. The van der Waals surface area contributed by atoms with E-state index in [-0.39, 0.29) is 23.9 Å². The van der Waals surface area contributed by atoms with E-state index < -0.39 is 42.7 Å². The lowest BCUT2D eigenvalue weighted by molar-refractivity contribution is 0.0545. The molecule has 4 aliphatic rings. The zero-order chi connectivity index (χ0) is 47.3. The molecule has 68 heavy (non-hydrogen) atoms. The number of alkyl carbamates (subject to hydrolysis) is 2. The second-order valence-electron chi connectivity index (χ2n) is 19.1. The maximum atomic E-state index is 15.7. The molecule has 7 heterocycles. The van der Waals surface area contributed by atoms with Gasteiger partial charge in [-0.05, 0) is 66.2 Å². The number of nitrogens with zero attached hydrogens (tertiary/aromatic N) is 11. The summed E-state index contributed by atoms with van der Waals surface area (Å²) in [6, 6.07) is 5.50. The molecule has 6 atom stereocenters. The van der Waals surface area contributed by atoms with Crippen LogP contribution in [0.15, 0.2) is 43.0 Å². The predicted octanol–water partition coefficient (Wildman–Crippen LogP) is 5.99. The minimum absolute atomic E-state index is 0.141. The zero-order valence-electron chi connectivity index (χ0n) is 38.8. The highest BCUT2D eigenvalue weighted by molar-refractivity contribution is 5.69. The van der Waals surface area contributed by atoms with E-state index in [0.717, 1.165) is 41.3 Å². The summed E-state index contributed by atoms with van der Waals surface area (Å²) < 4.78 is 53.2. The van der Waals surface area contributed by atoms with Crippen LogP contribution >= 0.6 is 0 Å². The van der Waals surface area contributed by atoms with Gasteiger partial charge in [-0.3, -0.25) is 23.5 Å². The number of piperazine rings is 1. The molecule has 0 bridgehead atoms. The number of carbonyl (C=O) groups excluding carboxylic acids is 2. The summed E-state index contributed by atoms with van der Waals surface area (Å²) in [6.07, 6.45) is 4.70. The van der Waals surface area contributed by atoms with Crippen LogP contribution in [0, 0.1) is 6.92 Å². The monoisotopic (exact) mass is 940 g/mol. The number of hydrogen-bond donors (Lipinski definition) is 5. The number of aromatic nitrogens is 10. The van der Waals surface area contributed by atoms with E-state index in [4.69, 9.17) is 29.3 Å². The van der Waals surface area contributed by atoms with Crippen molar-refractivity contribution in [3.05, 3.63) is 65.6 Å². The molecule has 3 saturated carbocycles. The molecular formula is C45H58F2N16O5. The Bertz CT molecular complexity index is 2780. The number of imidazole rings is 2. The van der Waals surface area contributed by atoms with Crippen molar-refractivity contribution in [1.82, 2.24) is 64.2 Å². The van der Waals surface area contributed by atoms with Crippen LogP contribution < -0.4 is 26.2 Å². The minimum Gasteiger partial charge on any atom is -0.443 e. The number of methoxy groups -OCH3 is 1. The Morgan fingerprint density at radius 1 is 0.941 bits per heavy atom. The molecule has 0 aromatic carbocycles. The third kappa shape index (κ3) is 9.58. The van der Waals surface area contributed by atoms with Gasteiger partial charge in [-0.15, -0.1) is 0 Å². The van der Waals surface area contributed by atoms with Crippen molar-refractivity contribution < 1.29 is 32.6 Å². The van der Waals surface area contributed by atoms with E-state index in [9.17, 15) is 9.59 Å². The second-order valence-corrected chi connectivity index (χ2v) is 19.1. The second kappa shape index (κ2) is 18.5. The fraction of sp³-hybridized carbons (Fsp3) is 0.556. The van der Waals surface area contributed by atoms with Gasteiger partial charge in [-0.25, -0.2) is 33.3 Å². The molecule has 6 aromatic heterocycles. The van der Waals surface area contributed by atoms with Crippen molar-refractivity contribution in [3.8, 4) is 0 Å². The highest BCUT2D eigenvalue weighted by Gasteiger charge is 2.44. The topological polar surface area (TPSA) is 223 Å². The van der Waals surface area contributed by atoms with Crippen LogP contribution in [0.1, 0.15) is 93.8 Å². The van der Waals surface area contributed by atoms with Crippen molar-refractivity contribution >= 4 is 52.8 Å². The Kier molecular flexibility index (Phi) is 12.3. The molecule has 1 saturated heterocycles. The van der Waals surface area contributed by atoms with Crippen LogP contribution in [0.4, 0.5) is 47.7 Å². The largest absolute Gasteiger partial charge is 0.443 e. The van der Waals surface area contributed by atoms with Crippen molar-refractivity contribution in [1.29, 1.82) is 0 Å². The summed E-state index contributed by atoms with van der Waals surface area (Å²) in [4.78, 5) is 48.3. The third-order valence-corrected chi connectivity index (χ3v) is 13.4. The zero-order valence-corrected chi connectivity index (χ0v) is 38.8. The lowest BCUT2D eigenvalue weighted by Gasteiger charge is -2.35. The van der Waals surface area contributed by atoms with Crippen molar-refractivity contribution in [2.24, 2.45) is 0 Å². The summed E-state index contributed by atoms with van der Waals surface area (Å²) >= 11 is 0. The average molecular weight is 941 g/mol. The number of ether oxygens (including phenoxy) is 3. The van der Waals surface area contributed by atoms with Gasteiger partial charge in [0.2, 0.25) is 11.9 Å². The Balaban J connectivity index is 0.824. The van der Waals surface area contributed by atoms with E-state index in [0.29, 0.717) is 93.6 Å². The first-order valence-electron chi connectivity index (χ1n) is 23.3. The Morgan fingerprint density at radius 2 is 1.74 bits per heavy atom. The standard InChI is InChI=1S/C45H58F2N16O5/c1-25(2)50-43(64)68-34-17-27(16-30(34)46)32-19-36(53-41-49-21-26(3)40-51-28(23-66-5)22-62(40)41)58-63(32)24-59-12-14-60(15-13-59)38-20-37-48-10-11-61(37)42(54-38)52-35-18-31(56-57-35)29-6-7-33(39(29)47)67-44(65)55-45(4)8-9-45/h10-11,18-22,25,27,29-30,33-34,39H,6-9,12-17,23-24H2,1-5H3,(H,50,64)(H,55,65)(H,49,53,58)(H2,52,54,56,57)/t27-,29-,30+,33-,34-,39+/m0/s1. The number of carbonyl (C=O) groups is 2. The van der Waals surface area contributed by atoms with Crippen LogP contribution in [0.25, 0.3) is 11.3 Å². The number of alkyl halides is 2. The number of nitrogens with one attached hydrogen (secondary N) is 5. The molecule has 4 fully saturated rings. The smallest absolute Gasteiger partial charge is 0.407 e. The first-order chi connectivity index (χ1) is 32.8. The number of rotatable bonds is 15. The van der Waals surface area contributed by atoms with E-state index in [1.165, 1.54) is 0 Å². The predicted molar refractivity (Wildman–Crippen MR) is 246 cm³/mol. The summed E-state index contributed by atoms with van der Waals surface area (Å²) in [5.74, 6) is 1.96. The number of aryl methyl sites for hydroxylation is 1. The highest BCUT2D eigenvalue weighted by atomic mass is 19.1. The summed E-state index contributed by atoms with van der Waals surface area (Å²) in [7, 11) is 1.62. The van der Waals surface area contributed by atoms with E-state index in [1.807, 2.05) is 65.7 Å². The van der Waals surface area contributed by atoms with Crippen molar-refractivity contribution in [2.75, 3.05) is 48.8 Å². The molecule has 0 unspecified atom stereocenters. The van der Waals surface area contributed by atoms with Crippen molar-refractivity contribution in [2.45, 2.75) is 127 Å². The van der Waals surface area contributed by atoms with Gasteiger partial charge in [0, 0.05) is 117 Å². The summed E-state index contributed by atoms with van der Waals surface area (Å²) in [5.41, 5.74) is 4.27. The molecule has 362 valence electrons. The number of H-pyrrole nitrogens is 1. The Hall–Kier alpha value is -6.62. The maximum Gasteiger partial charge on any atom is 0.407 e. The number of aromatic amines is 1. The number of hydrogen-bond acceptors (Lipinski definition) is 15. The average Bonchev–Trinajstić information content (AvgIpc) is 4.03. The molecule has 0 radical (unpaired) electrons. The van der Waals surface area contributed by atoms with Crippen LogP contribution in [-0.4, -0.2) is 135 Å². The molecule has 21 nitrogen and oxygen atoms in total. The highest BCUT2D eigenvalue weighted by Crippen LogP contribution is 2.41. The summed E-state index contributed by atoms with van der Waals surface area (Å²) in [5, 5.41) is 24.7. The fourth-order valence-electron chi connectivity index (χ4n) is 9.50. The van der Waals surface area contributed by atoms with Gasteiger partial charge < -0.3 is 40.4 Å². The molecular weight excluding hydrogens is 883 g/mol. The van der Waals surface area contributed by atoms with Crippen LogP contribution in [0.3, 0.4) is 0 Å². The van der Waals surface area contributed by atoms with Gasteiger partial charge in [0.15, 0.2) is 11.6 Å². The molecule has 5 N–H and O–H groups in total. The fourth-order valence-corrected chi connectivity index (χ4v) is 9.50. The Morgan fingerprint density at radius 3 is 2.51 bits per heavy atom. The van der Waals surface area contributed by atoms with Gasteiger partial charge >= 0.3 is 12.2 Å².